The molecule has 1 aliphatic rings. The fourth-order valence-corrected chi connectivity index (χ4v) is 5.10. The molecule has 1 aromatic rings. The minimum absolute atomic E-state index is 0.0424. The number of nitrogens with zero attached hydrogens (tertiary/aromatic N) is 2. The van der Waals surface area contributed by atoms with Crippen LogP contribution in [-0.2, 0) is 45.2 Å². The molecule has 0 saturated carbocycles. The van der Waals surface area contributed by atoms with Crippen LogP contribution in [0.2, 0.25) is 0 Å². The molecule has 0 radical (unpaired) electrons. The average molecular weight is 678 g/mol. The predicted molar refractivity (Wildman–Crippen MR) is 176 cm³/mol. The van der Waals surface area contributed by atoms with Crippen LogP contribution in [-0.4, -0.2) is 97.6 Å². The Balaban J connectivity index is 1.78. The van der Waals surface area contributed by atoms with Crippen LogP contribution >= 0.6 is 0 Å². The number of hydrogen-bond donors (Lipinski definition) is 3. The normalized spacial score (nSPS) is 14.1. The number of imide groups is 1. The summed E-state index contributed by atoms with van der Waals surface area (Å²) in [5.74, 6) is -2.37. The third-order valence-corrected chi connectivity index (χ3v) is 8.20. The van der Waals surface area contributed by atoms with E-state index in [4.69, 9.17) is 4.74 Å². The summed E-state index contributed by atoms with van der Waals surface area (Å²) in [6.07, 6.45) is 5.48. The molecule has 0 bridgehead atoms. The molecular weight excluding hydrogens is 630 g/mol. The predicted octanol–water partition coefficient (Wildman–Crippen LogP) is 2.15. The van der Waals surface area contributed by atoms with E-state index < -0.39 is 39.8 Å². The van der Waals surface area contributed by atoms with E-state index in [2.05, 4.69) is 16.0 Å². The highest BCUT2D eigenvalue weighted by molar-refractivity contribution is 7.90. The minimum Gasteiger partial charge on any atom is -0.445 e. The lowest BCUT2D eigenvalue weighted by Gasteiger charge is -2.24. The van der Waals surface area contributed by atoms with Crippen molar-refractivity contribution >= 4 is 51.2 Å². The molecule has 0 fully saturated rings. The first kappa shape index (κ1) is 38.9. The topological polar surface area (TPSA) is 188 Å². The molecule has 14 nitrogen and oxygen atoms in total. The van der Waals surface area contributed by atoms with Crippen molar-refractivity contribution in [3.63, 3.8) is 0 Å². The van der Waals surface area contributed by atoms with Crippen LogP contribution in [0.4, 0.5) is 10.5 Å². The zero-order valence-corrected chi connectivity index (χ0v) is 28.6. The molecule has 0 unspecified atom stereocenters. The molecule has 3 N–H and O–H groups in total. The molecule has 2 atom stereocenters. The third-order valence-electron chi connectivity index (χ3n) is 7.27. The zero-order chi connectivity index (χ0) is 35.1. The quantitative estimate of drug-likeness (QED) is 0.146. The van der Waals surface area contributed by atoms with Crippen molar-refractivity contribution in [3.8, 4) is 0 Å². The van der Waals surface area contributed by atoms with E-state index in [0.29, 0.717) is 43.5 Å². The number of rotatable bonds is 19. The maximum Gasteiger partial charge on any atom is 0.410 e. The lowest BCUT2D eigenvalue weighted by molar-refractivity contribution is -0.137. The van der Waals surface area contributed by atoms with E-state index in [1.165, 1.54) is 24.0 Å². The standard InChI is InChI=1S/C32H47N5O9S/c1-6-17-36(19-20-47(5,44)45)32(43)46-21-24-11-13-25(14-12-24)34-30(41)23(4)33-31(42)29(22(2)3)35-26(38)10-8-7-9-18-37-27(39)15-16-28(37)40/h11-16,22-23,29H,6-10,17-21H2,1-5H3,(H,33,42)(H,34,41)(H,35,38)/t23-,29-/m0/s1. The first-order valence-corrected chi connectivity index (χ1v) is 17.8. The fourth-order valence-electron chi connectivity index (χ4n) is 4.54. The van der Waals surface area contributed by atoms with Crippen LogP contribution in [0, 0.1) is 5.92 Å². The fraction of sp³-hybridized carbons (Fsp3) is 0.562. The molecule has 6 amide bonds. The molecule has 0 saturated heterocycles. The molecule has 260 valence electrons. The second-order valence-corrected chi connectivity index (χ2v) is 14.1. The van der Waals surface area contributed by atoms with Gasteiger partial charge in [-0.05, 0) is 49.8 Å². The van der Waals surface area contributed by atoms with Gasteiger partial charge in [-0.2, -0.15) is 0 Å². The van der Waals surface area contributed by atoms with E-state index in [0.717, 1.165) is 11.2 Å². The Morgan fingerprint density at radius 2 is 1.53 bits per heavy atom. The number of benzene rings is 1. The van der Waals surface area contributed by atoms with Crippen molar-refractivity contribution in [2.24, 2.45) is 5.92 Å². The first-order valence-electron chi connectivity index (χ1n) is 15.7. The molecule has 0 aromatic heterocycles. The van der Waals surface area contributed by atoms with Gasteiger partial charge in [0.2, 0.25) is 17.7 Å². The summed E-state index contributed by atoms with van der Waals surface area (Å²) in [4.78, 5) is 76.5. The molecule has 0 aliphatic carbocycles. The monoisotopic (exact) mass is 677 g/mol. The molecule has 1 aliphatic heterocycles. The van der Waals surface area contributed by atoms with Crippen LogP contribution in [0.15, 0.2) is 36.4 Å². The first-order chi connectivity index (χ1) is 22.1. The van der Waals surface area contributed by atoms with Crippen LogP contribution in [0.5, 0.6) is 0 Å². The zero-order valence-electron chi connectivity index (χ0n) is 27.7. The van der Waals surface area contributed by atoms with Gasteiger partial charge in [-0.3, -0.25) is 28.9 Å². The van der Waals surface area contributed by atoms with Gasteiger partial charge in [-0.1, -0.05) is 39.3 Å². The summed E-state index contributed by atoms with van der Waals surface area (Å²) in [6, 6.07) is 4.81. The molecule has 1 heterocycles. The maximum absolute atomic E-state index is 13.0. The summed E-state index contributed by atoms with van der Waals surface area (Å²) in [5.41, 5.74) is 1.11. The summed E-state index contributed by atoms with van der Waals surface area (Å²) in [7, 11) is -3.23. The third kappa shape index (κ3) is 13.9. The van der Waals surface area contributed by atoms with Crippen molar-refractivity contribution in [1.29, 1.82) is 0 Å². The van der Waals surface area contributed by atoms with Gasteiger partial charge < -0.3 is 25.6 Å². The lowest BCUT2D eigenvalue weighted by Crippen LogP contribution is -2.53. The summed E-state index contributed by atoms with van der Waals surface area (Å²) >= 11 is 0. The van der Waals surface area contributed by atoms with E-state index in [1.54, 1.807) is 38.1 Å². The largest absolute Gasteiger partial charge is 0.445 e. The number of carbonyl (C=O) groups is 6. The summed E-state index contributed by atoms with van der Waals surface area (Å²) in [5, 5.41) is 8.10. The van der Waals surface area contributed by atoms with Gasteiger partial charge in [0.05, 0.1) is 5.75 Å². The molecule has 1 aromatic carbocycles. The van der Waals surface area contributed by atoms with Crippen LogP contribution in [0.1, 0.15) is 65.4 Å². The van der Waals surface area contributed by atoms with Crippen molar-refractivity contribution in [2.75, 3.05) is 37.0 Å². The highest BCUT2D eigenvalue weighted by atomic mass is 32.2. The number of ether oxygens (including phenoxy) is 1. The highest BCUT2D eigenvalue weighted by Crippen LogP contribution is 2.13. The van der Waals surface area contributed by atoms with Crippen molar-refractivity contribution in [3.05, 3.63) is 42.0 Å². The van der Waals surface area contributed by atoms with Crippen molar-refractivity contribution in [1.82, 2.24) is 20.4 Å². The van der Waals surface area contributed by atoms with Crippen LogP contribution in [0.25, 0.3) is 0 Å². The second-order valence-electron chi connectivity index (χ2n) is 11.8. The number of amides is 6. The molecule has 2 rings (SSSR count). The van der Waals surface area contributed by atoms with Crippen molar-refractivity contribution < 1.29 is 41.9 Å². The van der Waals surface area contributed by atoms with Gasteiger partial charge in [0.1, 0.15) is 28.5 Å². The molecular formula is C32H47N5O9S. The van der Waals surface area contributed by atoms with Gasteiger partial charge >= 0.3 is 6.09 Å². The SMILES string of the molecule is CCCN(CCS(C)(=O)=O)C(=O)OCc1ccc(NC(=O)[C@H](C)NC(=O)[C@@H](NC(=O)CCCCCN2C(=O)C=CC2=O)C(C)C)cc1. The second kappa shape index (κ2) is 18.8. The Hall–Kier alpha value is -4.27. The van der Waals surface area contributed by atoms with Gasteiger partial charge in [0, 0.05) is 50.2 Å². The van der Waals surface area contributed by atoms with Crippen LogP contribution < -0.4 is 16.0 Å². The lowest BCUT2D eigenvalue weighted by atomic mass is 10.0. The number of carbonyl (C=O) groups excluding carboxylic acids is 6. The Morgan fingerprint density at radius 3 is 2.11 bits per heavy atom. The van der Waals surface area contributed by atoms with E-state index >= 15 is 0 Å². The van der Waals surface area contributed by atoms with E-state index in [9.17, 15) is 37.2 Å². The smallest absolute Gasteiger partial charge is 0.410 e. The number of anilines is 1. The van der Waals surface area contributed by atoms with Crippen molar-refractivity contribution in [2.45, 2.75) is 78.5 Å². The Morgan fingerprint density at radius 1 is 0.894 bits per heavy atom. The number of hydrogen-bond acceptors (Lipinski definition) is 9. The summed E-state index contributed by atoms with van der Waals surface area (Å²) in [6.45, 7) is 7.62. The van der Waals surface area contributed by atoms with Gasteiger partial charge in [-0.25, -0.2) is 13.2 Å². The number of unbranched alkanes of at least 4 members (excludes halogenated alkanes) is 2. The van der Waals surface area contributed by atoms with E-state index in [-0.39, 0.29) is 55.5 Å². The van der Waals surface area contributed by atoms with Gasteiger partial charge in [0.25, 0.3) is 11.8 Å². The number of sulfone groups is 1. The Bertz CT molecular complexity index is 1390. The molecule has 15 heteroatoms. The molecule has 0 spiro atoms. The highest BCUT2D eigenvalue weighted by Gasteiger charge is 2.27. The Kier molecular flexibility index (Phi) is 15.5. The number of nitrogens with one attached hydrogen (secondary N) is 3. The van der Waals surface area contributed by atoms with Crippen LogP contribution in [0.3, 0.4) is 0 Å². The van der Waals surface area contributed by atoms with E-state index in [1.807, 2.05) is 6.92 Å². The summed E-state index contributed by atoms with van der Waals surface area (Å²) < 4.78 is 28.3. The van der Waals surface area contributed by atoms with Gasteiger partial charge in [-0.15, -0.1) is 0 Å². The minimum atomic E-state index is -3.23. The average Bonchev–Trinajstić information content (AvgIpc) is 3.32. The maximum atomic E-state index is 13.0. The Labute approximate surface area is 276 Å². The molecule has 47 heavy (non-hydrogen) atoms. The van der Waals surface area contributed by atoms with Gasteiger partial charge in [0.15, 0.2) is 0 Å².